The summed E-state index contributed by atoms with van der Waals surface area (Å²) in [7, 11) is 0. The Morgan fingerprint density at radius 3 is 2.88 bits per heavy atom. The fourth-order valence-electron chi connectivity index (χ4n) is 2.73. The van der Waals surface area contributed by atoms with Crippen LogP contribution >= 0.6 is 11.8 Å². The Kier molecular flexibility index (Phi) is 2.94. The van der Waals surface area contributed by atoms with E-state index in [2.05, 4.69) is 22.5 Å². The number of fused-ring (bicyclic) bond motifs is 1. The molecular formula is C12H19N3S. The highest BCUT2D eigenvalue weighted by Crippen LogP contribution is 2.32. The zero-order valence-corrected chi connectivity index (χ0v) is 10.4. The average Bonchev–Trinajstić information content (AvgIpc) is 2.76. The number of hydrogen-bond donors (Lipinski definition) is 1. The standard InChI is InChI=1S/C12H19N3S/c13-10-2-1-5-15-8-11(14-12(10)15)9-3-6-16-7-4-9/h8-10H,1-7,13H2. The molecule has 1 fully saturated rings. The lowest BCUT2D eigenvalue weighted by Crippen LogP contribution is -2.21. The third-order valence-corrected chi connectivity index (χ3v) is 4.76. The fraction of sp³-hybridized carbons (Fsp3) is 0.750. The number of nitrogens with zero attached hydrogens (tertiary/aromatic N) is 2. The molecule has 0 spiro atoms. The van der Waals surface area contributed by atoms with E-state index < -0.39 is 0 Å². The van der Waals surface area contributed by atoms with E-state index in [1.165, 1.54) is 36.5 Å². The molecule has 16 heavy (non-hydrogen) atoms. The Balaban J connectivity index is 1.85. The van der Waals surface area contributed by atoms with Crippen molar-refractivity contribution in [1.82, 2.24) is 9.55 Å². The molecule has 1 aromatic heterocycles. The molecule has 2 aliphatic heterocycles. The maximum atomic E-state index is 6.10. The van der Waals surface area contributed by atoms with Crippen LogP contribution in [0.1, 0.15) is 49.2 Å². The highest BCUT2D eigenvalue weighted by Gasteiger charge is 2.24. The molecule has 3 rings (SSSR count). The number of aromatic nitrogens is 2. The van der Waals surface area contributed by atoms with Crippen LogP contribution in [0.3, 0.4) is 0 Å². The van der Waals surface area contributed by atoms with E-state index in [1.807, 2.05) is 0 Å². The van der Waals surface area contributed by atoms with Crippen molar-refractivity contribution in [1.29, 1.82) is 0 Å². The minimum absolute atomic E-state index is 0.167. The highest BCUT2D eigenvalue weighted by atomic mass is 32.2. The molecule has 0 bridgehead atoms. The van der Waals surface area contributed by atoms with Gasteiger partial charge in [-0.3, -0.25) is 0 Å². The number of imidazole rings is 1. The first-order chi connectivity index (χ1) is 7.84. The molecule has 0 aromatic carbocycles. The summed E-state index contributed by atoms with van der Waals surface area (Å²) in [5.74, 6) is 4.39. The molecule has 2 aliphatic rings. The van der Waals surface area contributed by atoms with Gasteiger partial charge >= 0.3 is 0 Å². The van der Waals surface area contributed by atoms with Crippen LogP contribution in [-0.4, -0.2) is 21.1 Å². The lowest BCUT2D eigenvalue weighted by atomic mass is 10.00. The van der Waals surface area contributed by atoms with Gasteiger partial charge in [-0.2, -0.15) is 11.8 Å². The van der Waals surface area contributed by atoms with E-state index in [0.717, 1.165) is 18.8 Å². The second-order valence-corrected chi connectivity index (χ2v) is 6.08. The molecule has 1 saturated heterocycles. The Morgan fingerprint density at radius 2 is 2.12 bits per heavy atom. The minimum atomic E-state index is 0.167. The van der Waals surface area contributed by atoms with Gasteiger partial charge in [0.15, 0.2) is 0 Å². The summed E-state index contributed by atoms with van der Waals surface area (Å²) in [6.45, 7) is 1.11. The molecule has 0 saturated carbocycles. The van der Waals surface area contributed by atoms with E-state index in [-0.39, 0.29) is 6.04 Å². The van der Waals surface area contributed by atoms with Gasteiger partial charge in [-0.1, -0.05) is 0 Å². The van der Waals surface area contributed by atoms with Crippen LogP contribution < -0.4 is 5.73 Å². The Bertz CT molecular complexity index is 368. The van der Waals surface area contributed by atoms with Gasteiger partial charge in [0, 0.05) is 18.7 Å². The quantitative estimate of drug-likeness (QED) is 0.815. The van der Waals surface area contributed by atoms with Crippen molar-refractivity contribution < 1.29 is 0 Å². The third-order valence-electron chi connectivity index (χ3n) is 3.71. The SMILES string of the molecule is NC1CCCn2cc(C3CCSCC3)nc21. The van der Waals surface area contributed by atoms with Crippen LogP contribution in [0.2, 0.25) is 0 Å². The smallest absolute Gasteiger partial charge is 0.125 e. The number of hydrogen-bond acceptors (Lipinski definition) is 3. The fourth-order valence-corrected chi connectivity index (χ4v) is 3.83. The molecule has 4 heteroatoms. The van der Waals surface area contributed by atoms with Crippen molar-refractivity contribution in [2.24, 2.45) is 5.73 Å². The monoisotopic (exact) mass is 237 g/mol. The van der Waals surface area contributed by atoms with Gasteiger partial charge in [0.1, 0.15) is 5.82 Å². The number of aryl methyl sites for hydroxylation is 1. The summed E-state index contributed by atoms with van der Waals surface area (Å²) in [5, 5.41) is 0. The van der Waals surface area contributed by atoms with Crippen molar-refractivity contribution in [3.63, 3.8) is 0 Å². The molecule has 1 aromatic rings. The van der Waals surface area contributed by atoms with Gasteiger partial charge in [-0.05, 0) is 37.2 Å². The maximum Gasteiger partial charge on any atom is 0.125 e. The lowest BCUT2D eigenvalue weighted by Gasteiger charge is -2.19. The van der Waals surface area contributed by atoms with Crippen LogP contribution in [0.25, 0.3) is 0 Å². The second kappa shape index (κ2) is 4.41. The van der Waals surface area contributed by atoms with Crippen molar-refractivity contribution in [3.05, 3.63) is 17.7 Å². The first-order valence-electron chi connectivity index (χ1n) is 6.25. The van der Waals surface area contributed by atoms with Crippen LogP contribution in [0.15, 0.2) is 6.20 Å². The number of nitrogens with two attached hydrogens (primary N) is 1. The first-order valence-corrected chi connectivity index (χ1v) is 7.40. The summed E-state index contributed by atoms with van der Waals surface area (Å²) in [6, 6.07) is 0.167. The normalized spacial score (nSPS) is 26.7. The van der Waals surface area contributed by atoms with Crippen molar-refractivity contribution in [2.45, 2.75) is 44.2 Å². The summed E-state index contributed by atoms with van der Waals surface area (Å²) >= 11 is 2.07. The molecule has 3 nitrogen and oxygen atoms in total. The zero-order valence-electron chi connectivity index (χ0n) is 9.56. The first kappa shape index (κ1) is 10.7. The van der Waals surface area contributed by atoms with E-state index in [9.17, 15) is 0 Å². The van der Waals surface area contributed by atoms with Gasteiger partial charge < -0.3 is 10.3 Å². The van der Waals surface area contributed by atoms with E-state index >= 15 is 0 Å². The van der Waals surface area contributed by atoms with Crippen LogP contribution in [-0.2, 0) is 6.54 Å². The van der Waals surface area contributed by atoms with Crippen molar-refractivity contribution in [3.8, 4) is 0 Å². The second-order valence-electron chi connectivity index (χ2n) is 4.85. The molecule has 88 valence electrons. The highest BCUT2D eigenvalue weighted by molar-refractivity contribution is 7.99. The van der Waals surface area contributed by atoms with Gasteiger partial charge in [0.2, 0.25) is 0 Å². The number of thioether (sulfide) groups is 1. The molecule has 0 radical (unpaired) electrons. The maximum absolute atomic E-state index is 6.10. The van der Waals surface area contributed by atoms with Gasteiger partial charge in [-0.15, -0.1) is 0 Å². The van der Waals surface area contributed by atoms with Gasteiger partial charge in [0.05, 0.1) is 11.7 Å². The van der Waals surface area contributed by atoms with E-state index in [4.69, 9.17) is 10.7 Å². The topological polar surface area (TPSA) is 43.8 Å². The molecule has 1 atom stereocenters. The summed E-state index contributed by atoms with van der Waals surface area (Å²) < 4.78 is 2.28. The summed E-state index contributed by atoms with van der Waals surface area (Å²) in [5.41, 5.74) is 7.40. The summed E-state index contributed by atoms with van der Waals surface area (Å²) in [4.78, 5) is 4.78. The van der Waals surface area contributed by atoms with Gasteiger partial charge in [0.25, 0.3) is 0 Å². The summed E-state index contributed by atoms with van der Waals surface area (Å²) in [6.07, 6.45) is 7.13. The lowest BCUT2D eigenvalue weighted by molar-refractivity contribution is 0.451. The van der Waals surface area contributed by atoms with Crippen molar-refractivity contribution in [2.75, 3.05) is 11.5 Å². The molecule has 0 amide bonds. The molecule has 2 N–H and O–H groups in total. The molecule has 1 unspecified atom stereocenters. The Labute approximate surface area is 101 Å². The van der Waals surface area contributed by atoms with Gasteiger partial charge in [-0.25, -0.2) is 4.98 Å². The number of rotatable bonds is 1. The average molecular weight is 237 g/mol. The third kappa shape index (κ3) is 1.89. The van der Waals surface area contributed by atoms with Crippen molar-refractivity contribution >= 4 is 11.8 Å². The molecule has 0 aliphatic carbocycles. The van der Waals surface area contributed by atoms with Crippen LogP contribution in [0.4, 0.5) is 0 Å². The Hall–Kier alpha value is -0.480. The van der Waals surface area contributed by atoms with Crippen LogP contribution in [0.5, 0.6) is 0 Å². The predicted molar refractivity (Wildman–Crippen MR) is 67.7 cm³/mol. The zero-order chi connectivity index (χ0) is 11.0. The predicted octanol–water partition coefficient (Wildman–Crippen LogP) is 2.29. The molecule has 3 heterocycles. The van der Waals surface area contributed by atoms with E-state index in [1.54, 1.807) is 0 Å². The Morgan fingerprint density at radius 1 is 1.31 bits per heavy atom. The minimum Gasteiger partial charge on any atom is -0.333 e. The molecular weight excluding hydrogens is 218 g/mol. The van der Waals surface area contributed by atoms with E-state index in [0.29, 0.717) is 5.92 Å². The van der Waals surface area contributed by atoms with Crippen LogP contribution in [0, 0.1) is 0 Å². The largest absolute Gasteiger partial charge is 0.333 e.